The average Bonchev–Trinajstić information content (AvgIpc) is 2.21. The number of carboxylic acid groups (broad SMARTS) is 1. The van der Waals surface area contributed by atoms with Crippen LogP contribution in [0.2, 0.25) is 0 Å². The molecule has 0 spiro atoms. The number of aliphatic carboxylic acids is 1. The van der Waals surface area contributed by atoms with Gasteiger partial charge >= 0.3 is 5.97 Å². The standard InChI is InChI=1S/C11H13IO2S/c1-2-10(11(13)14)15-7-8-3-5-9(12)6-4-8/h3-6,10H,2,7H2,1H3,(H,13,14). The molecule has 0 aliphatic carbocycles. The average molecular weight is 336 g/mol. The minimum Gasteiger partial charge on any atom is -0.480 e. The lowest BCUT2D eigenvalue weighted by Crippen LogP contribution is -2.14. The molecule has 0 heterocycles. The van der Waals surface area contributed by atoms with Gasteiger partial charge in [-0.3, -0.25) is 4.79 Å². The van der Waals surface area contributed by atoms with Gasteiger partial charge in [0.1, 0.15) is 5.25 Å². The van der Waals surface area contributed by atoms with Gasteiger partial charge < -0.3 is 5.11 Å². The first-order valence-electron chi connectivity index (χ1n) is 4.72. The smallest absolute Gasteiger partial charge is 0.316 e. The number of carbonyl (C=O) groups is 1. The Kier molecular flexibility index (Phi) is 5.45. The number of hydrogen-bond acceptors (Lipinski definition) is 2. The highest BCUT2D eigenvalue weighted by atomic mass is 127. The summed E-state index contributed by atoms with van der Waals surface area (Å²) in [5.74, 6) is 0.0508. The van der Waals surface area contributed by atoms with Crippen molar-refractivity contribution in [1.82, 2.24) is 0 Å². The molecule has 1 aromatic carbocycles. The molecular weight excluding hydrogens is 323 g/mol. The Morgan fingerprint density at radius 3 is 2.53 bits per heavy atom. The van der Waals surface area contributed by atoms with Gasteiger partial charge in [-0.15, -0.1) is 11.8 Å². The molecule has 0 amide bonds. The minimum atomic E-state index is -0.715. The minimum absolute atomic E-state index is 0.288. The summed E-state index contributed by atoms with van der Waals surface area (Å²) in [5.41, 5.74) is 1.18. The molecule has 2 nitrogen and oxygen atoms in total. The van der Waals surface area contributed by atoms with Gasteiger partial charge in [0.15, 0.2) is 0 Å². The molecule has 0 saturated carbocycles. The quantitative estimate of drug-likeness (QED) is 0.838. The first kappa shape index (κ1) is 12.8. The van der Waals surface area contributed by atoms with Crippen molar-refractivity contribution in [1.29, 1.82) is 0 Å². The summed E-state index contributed by atoms with van der Waals surface area (Å²) in [5, 5.41) is 8.59. The predicted octanol–water partition coefficient (Wildman–Crippen LogP) is 3.39. The van der Waals surface area contributed by atoms with Gasteiger partial charge in [-0.05, 0) is 46.7 Å². The van der Waals surface area contributed by atoms with E-state index in [1.54, 1.807) is 0 Å². The highest BCUT2D eigenvalue weighted by molar-refractivity contribution is 14.1. The third-order valence-corrected chi connectivity index (χ3v) is 4.17. The molecule has 15 heavy (non-hydrogen) atoms. The normalized spacial score (nSPS) is 12.4. The summed E-state index contributed by atoms with van der Waals surface area (Å²) in [6, 6.07) is 8.17. The first-order valence-corrected chi connectivity index (χ1v) is 6.85. The fraction of sp³-hybridized carbons (Fsp3) is 0.364. The molecule has 1 rings (SSSR count). The van der Waals surface area contributed by atoms with Gasteiger partial charge in [0.2, 0.25) is 0 Å². The third-order valence-electron chi connectivity index (χ3n) is 2.01. The Morgan fingerprint density at radius 1 is 1.47 bits per heavy atom. The van der Waals surface area contributed by atoms with E-state index in [1.807, 2.05) is 31.2 Å². The van der Waals surface area contributed by atoms with E-state index >= 15 is 0 Å². The molecule has 4 heteroatoms. The Morgan fingerprint density at radius 2 is 2.07 bits per heavy atom. The second kappa shape index (κ2) is 6.37. The first-order chi connectivity index (χ1) is 7.13. The number of carboxylic acids is 1. The molecule has 0 saturated heterocycles. The molecule has 0 fully saturated rings. The lowest BCUT2D eigenvalue weighted by Gasteiger charge is -2.08. The van der Waals surface area contributed by atoms with Crippen LogP contribution in [0.5, 0.6) is 0 Å². The van der Waals surface area contributed by atoms with Gasteiger partial charge in [-0.25, -0.2) is 0 Å². The largest absolute Gasteiger partial charge is 0.480 e. The zero-order valence-corrected chi connectivity index (χ0v) is 11.4. The zero-order chi connectivity index (χ0) is 11.3. The summed E-state index contributed by atoms with van der Waals surface area (Å²) in [7, 11) is 0. The number of benzene rings is 1. The van der Waals surface area contributed by atoms with Crippen LogP contribution in [0.1, 0.15) is 18.9 Å². The van der Waals surface area contributed by atoms with Crippen molar-refractivity contribution < 1.29 is 9.90 Å². The van der Waals surface area contributed by atoms with Crippen molar-refractivity contribution in [2.45, 2.75) is 24.3 Å². The van der Waals surface area contributed by atoms with E-state index in [-0.39, 0.29) is 5.25 Å². The number of halogens is 1. The monoisotopic (exact) mass is 336 g/mol. The molecule has 82 valence electrons. The molecule has 0 radical (unpaired) electrons. The van der Waals surface area contributed by atoms with Crippen LogP contribution in [0.4, 0.5) is 0 Å². The van der Waals surface area contributed by atoms with Crippen LogP contribution >= 0.6 is 34.4 Å². The Hall–Kier alpha value is -0.230. The Bertz CT molecular complexity index is 324. The molecule has 0 aliphatic rings. The van der Waals surface area contributed by atoms with Gasteiger partial charge in [0.25, 0.3) is 0 Å². The highest BCUT2D eigenvalue weighted by Crippen LogP contribution is 2.20. The summed E-state index contributed by atoms with van der Waals surface area (Å²) in [6.07, 6.45) is 0.671. The molecule has 1 N–H and O–H groups in total. The van der Waals surface area contributed by atoms with Crippen LogP contribution in [0.15, 0.2) is 24.3 Å². The van der Waals surface area contributed by atoms with Crippen molar-refractivity contribution >= 4 is 40.3 Å². The van der Waals surface area contributed by atoms with Crippen molar-refractivity contribution in [3.63, 3.8) is 0 Å². The van der Waals surface area contributed by atoms with Crippen molar-refractivity contribution in [2.24, 2.45) is 0 Å². The van der Waals surface area contributed by atoms with Crippen molar-refractivity contribution in [3.05, 3.63) is 33.4 Å². The van der Waals surface area contributed by atoms with Crippen LogP contribution in [0, 0.1) is 3.57 Å². The summed E-state index contributed by atoms with van der Waals surface area (Å²) in [6.45, 7) is 1.90. The second-order valence-electron chi connectivity index (χ2n) is 3.17. The molecule has 1 aromatic rings. The Balaban J connectivity index is 2.49. The molecule has 0 aromatic heterocycles. The predicted molar refractivity (Wildman–Crippen MR) is 72.2 cm³/mol. The fourth-order valence-electron chi connectivity index (χ4n) is 1.14. The highest BCUT2D eigenvalue weighted by Gasteiger charge is 2.14. The molecule has 0 bridgehead atoms. The van der Waals surface area contributed by atoms with Crippen LogP contribution in [0.25, 0.3) is 0 Å². The molecule has 0 aliphatic heterocycles. The Labute approximate surface area is 108 Å². The number of thioether (sulfide) groups is 1. The van der Waals surface area contributed by atoms with Crippen molar-refractivity contribution in [3.8, 4) is 0 Å². The van der Waals surface area contributed by atoms with E-state index < -0.39 is 5.97 Å². The van der Waals surface area contributed by atoms with E-state index in [1.165, 1.54) is 20.9 Å². The lowest BCUT2D eigenvalue weighted by atomic mass is 10.2. The van der Waals surface area contributed by atoms with Gasteiger partial charge in [-0.2, -0.15) is 0 Å². The zero-order valence-electron chi connectivity index (χ0n) is 8.44. The number of hydrogen-bond donors (Lipinski definition) is 1. The van der Waals surface area contributed by atoms with E-state index in [0.29, 0.717) is 6.42 Å². The maximum Gasteiger partial charge on any atom is 0.316 e. The van der Waals surface area contributed by atoms with Gasteiger partial charge in [-0.1, -0.05) is 19.1 Å². The lowest BCUT2D eigenvalue weighted by molar-refractivity contribution is -0.136. The molecule has 1 unspecified atom stereocenters. The summed E-state index contributed by atoms with van der Waals surface area (Å²) >= 11 is 3.74. The SMILES string of the molecule is CCC(SCc1ccc(I)cc1)C(=O)O. The van der Waals surface area contributed by atoms with E-state index in [0.717, 1.165) is 5.75 Å². The molecule has 1 atom stereocenters. The van der Waals surface area contributed by atoms with E-state index in [2.05, 4.69) is 22.6 Å². The van der Waals surface area contributed by atoms with Crippen LogP contribution in [0.3, 0.4) is 0 Å². The van der Waals surface area contributed by atoms with Crippen molar-refractivity contribution in [2.75, 3.05) is 0 Å². The third kappa shape index (κ3) is 4.42. The van der Waals surface area contributed by atoms with Crippen LogP contribution < -0.4 is 0 Å². The summed E-state index contributed by atoms with van der Waals surface area (Å²) in [4.78, 5) is 10.8. The topological polar surface area (TPSA) is 37.3 Å². The van der Waals surface area contributed by atoms with Gasteiger partial charge in [0, 0.05) is 9.32 Å². The maximum atomic E-state index is 10.8. The van der Waals surface area contributed by atoms with Crippen LogP contribution in [-0.2, 0) is 10.5 Å². The molecular formula is C11H13IO2S. The fourth-order valence-corrected chi connectivity index (χ4v) is 2.47. The second-order valence-corrected chi connectivity index (χ2v) is 5.61. The van der Waals surface area contributed by atoms with E-state index in [9.17, 15) is 4.79 Å². The maximum absolute atomic E-state index is 10.8. The van der Waals surface area contributed by atoms with Gasteiger partial charge in [0.05, 0.1) is 0 Å². The summed E-state index contributed by atoms with van der Waals surface area (Å²) < 4.78 is 1.20. The number of rotatable bonds is 5. The van der Waals surface area contributed by atoms with Crippen LogP contribution in [-0.4, -0.2) is 16.3 Å². The van der Waals surface area contributed by atoms with E-state index in [4.69, 9.17) is 5.11 Å².